The Bertz CT molecular complexity index is 668. The van der Waals surface area contributed by atoms with Gasteiger partial charge >= 0.3 is 0 Å². The molecule has 0 radical (unpaired) electrons. The zero-order valence-corrected chi connectivity index (χ0v) is 13.2. The third-order valence-corrected chi connectivity index (χ3v) is 4.12. The molecule has 0 spiro atoms. The van der Waals surface area contributed by atoms with E-state index in [1.54, 1.807) is 29.1 Å². The summed E-state index contributed by atoms with van der Waals surface area (Å²) in [6.45, 7) is 3.80. The van der Waals surface area contributed by atoms with Gasteiger partial charge in [0.2, 0.25) is 0 Å². The van der Waals surface area contributed by atoms with Crippen LogP contribution in [0.3, 0.4) is 0 Å². The minimum atomic E-state index is -0.0180. The molecule has 0 N–H and O–H groups in total. The van der Waals surface area contributed by atoms with Gasteiger partial charge in [0.25, 0.3) is 5.91 Å². The smallest absolute Gasteiger partial charge is 0.257 e. The minimum absolute atomic E-state index is 0.0180. The molecule has 1 saturated heterocycles. The molecular formula is C16H21N3O3. The van der Waals surface area contributed by atoms with Crippen molar-refractivity contribution < 1.29 is 13.9 Å². The summed E-state index contributed by atoms with van der Waals surface area (Å²) in [5, 5.41) is 4.48. The Kier molecular flexibility index (Phi) is 4.02. The number of aromatic nitrogens is 2. The Morgan fingerprint density at radius 3 is 3.00 bits per heavy atom. The average Bonchev–Trinajstić information content (AvgIpc) is 3.20. The lowest BCUT2D eigenvalue weighted by atomic mass is 10.0. The highest BCUT2D eigenvalue weighted by Gasteiger charge is 2.28. The van der Waals surface area contributed by atoms with Gasteiger partial charge in [-0.3, -0.25) is 9.48 Å². The van der Waals surface area contributed by atoms with Crippen molar-refractivity contribution >= 4 is 5.91 Å². The summed E-state index contributed by atoms with van der Waals surface area (Å²) < 4.78 is 12.4. The quantitative estimate of drug-likeness (QED) is 0.868. The van der Waals surface area contributed by atoms with Crippen molar-refractivity contribution in [2.24, 2.45) is 7.05 Å². The molecule has 6 nitrogen and oxygen atoms in total. The predicted molar refractivity (Wildman–Crippen MR) is 80.6 cm³/mol. The maximum atomic E-state index is 12.8. The number of amides is 1. The summed E-state index contributed by atoms with van der Waals surface area (Å²) in [7, 11) is 3.65. The number of nitrogens with zero attached hydrogens (tertiary/aromatic N) is 3. The van der Waals surface area contributed by atoms with Crippen molar-refractivity contribution in [2.45, 2.75) is 25.8 Å². The van der Waals surface area contributed by atoms with Gasteiger partial charge in [-0.05, 0) is 19.4 Å². The molecule has 0 aliphatic carbocycles. The van der Waals surface area contributed by atoms with Crippen LogP contribution in [0.1, 0.15) is 39.7 Å². The van der Waals surface area contributed by atoms with Gasteiger partial charge in [0.15, 0.2) is 0 Å². The Labute approximate surface area is 129 Å². The second kappa shape index (κ2) is 5.96. The number of carbonyl (C=O) groups excluding carboxylic acids is 1. The fraction of sp³-hybridized carbons (Fsp3) is 0.500. The molecule has 1 amide bonds. The standard InChI is InChI=1S/C16H21N3O3/c1-11-12(5-7-22-11)8-18(2)16(20)14-9-19(3)17-15(14)13-4-6-21-10-13/h5,7,9,13H,4,6,8,10H2,1-3H3/t13-/m0/s1. The summed E-state index contributed by atoms with van der Waals surface area (Å²) >= 11 is 0. The summed E-state index contributed by atoms with van der Waals surface area (Å²) in [5.74, 6) is 1.04. The second-order valence-electron chi connectivity index (χ2n) is 5.83. The Morgan fingerprint density at radius 2 is 2.36 bits per heavy atom. The van der Waals surface area contributed by atoms with Crippen LogP contribution in [0.25, 0.3) is 0 Å². The van der Waals surface area contributed by atoms with Crippen LogP contribution in [0.15, 0.2) is 22.9 Å². The van der Waals surface area contributed by atoms with Gasteiger partial charge in [-0.2, -0.15) is 5.10 Å². The number of ether oxygens (including phenoxy) is 1. The van der Waals surface area contributed by atoms with Gasteiger partial charge in [0.1, 0.15) is 5.76 Å². The van der Waals surface area contributed by atoms with Gasteiger partial charge in [0.05, 0.1) is 24.1 Å². The summed E-state index contributed by atoms with van der Waals surface area (Å²) in [6, 6.07) is 1.90. The van der Waals surface area contributed by atoms with E-state index in [-0.39, 0.29) is 11.8 Å². The molecule has 2 aromatic rings. The van der Waals surface area contributed by atoms with Crippen LogP contribution in [-0.2, 0) is 18.3 Å². The van der Waals surface area contributed by atoms with E-state index in [1.807, 2.05) is 20.0 Å². The van der Waals surface area contributed by atoms with E-state index < -0.39 is 0 Å². The highest BCUT2D eigenvalue weighted by molar-refractivity contribution is 5.95. The van der Waals surface area contributed by atoms with Gasteiger partial charge < -0.3 is 14.1 Å². The number of aryl methyl sites for hydroxylation is 2. The topological polar surface area (TPSA) is 60.5 Å². The molecule has 1 atom stereocenters. The van der Waals surface area contributed by atoms with Crippen LogP contribution in [0, 0.1) is 6.92 Å². The zero-order chi connectivity index (χ0) is 15.7. The lowest BCUT2D eigenvalue weighted by Crippen LogP contribution is -2.27. The van der Waals surface area contributed by atoms with Gasteiger partial charge in [-0.1, -0.05) is 0 Å². The van der Waals surface area contributed by atoms with Crippen molar-refractivity contribution in [3.63, 3.8) is 0 Å². The molecular weight excluding hydrogens is 282 g/mol. The number of furan rings is 1. The number of hydrogen-bond donors (Lipinski definition) is 0. The highest BCUT2D eigenvalue weighted by atomic mass is 16.5. The SMILES string of the molecule is Cc1occc1CN(C)C(=O)c1cn(C)nc1[C@H]1CCOC1. The van der Waals surface area contributed by atoms with Crippen LogP contribution in [0.4, 0.5) is 0 Å². The van der Waals surface area contributed by atoms with E-state index in [9.17, 15) is 4.79 Å². The van der Waals surface area contributed by atoms with Crippen LogP contribution in [0.2, 0.25) is 0 Å². The first-order valence-electron chi connectivity index (χ1n) is 7.46. The molecule has 22 heavy (non-hydrogen) atoms. The van der Waals surface area contributed by atoms with E-state index in [4.69, 9.17) is 9.15 Å². The van der Waals surface area contributed by atoms with Crippen molar-refractivity contribution in [3.05, 3.63) is 41.1 Å². The molecule has 1 fully saturated rings. The Balaban J connectivity index is 1.80. The van der Waals surface area contributed by atoms with Crippen molar-refractivity contribution in [1.82, 2.24) is 14.7 Å². The first-order valence-corrected chi connectivity index (χ1v) is 7.46. The third kappa shape index (κ3) is 2.78. The van der Waals surface area contributed by atoms with E-state index >= 15 is 0 Å². The van der Waals surface area contributed by atoms with Crippen LogP contribution >= 0.6 is 0 Å². The van der Waals surface area contributed by atoms with E-state index in [0.717, 1.165) is 30.0 Å². The molecule has 3 rings (SSSR count). The Morgan fingerprint density at radius 1 is 1.55 bits per heavy atom. The zero-order valence-electron chi connectivity index (χ0n) is 13.2. The van der Waals surface area contributed by atoms with Crippen molar-refractivity contribution in [1.29, 1.82) is 0 Å². The maximum Gasteiger partial charge on any atom is 0.257 e. The third-order valence-electron chi connectivity index (χ3n) is 4.12. The van der Waals surface area contributed by atoms with E-state index in [0.29, 0.717) is 18.7 Å². The molecule has 118 valence electrons. The highest BCUT2D eigenvalue weighted by Crippen LogP contribution is 2.27. The number of carbonyl (C=O) groups is 1. The molecule has 1 aliphatic heterocycles. The molecule has 0 bridgehead atoms. The minimum Gasteiger partial charge on any atom is -0.469 e. The number of hydrogen-bond acceptors (Lipinski definition) is 4. The normalized spacial score (nSPS) is 17.9. The maximum absolute atomic E-state index is 12.8. The summed E-state index contributed by atoms with van der Waals surface area (Å²) in [4.78, 5) is 14.5. The van der Waals surface area contributed by atoms with E-state index in [2.05, 4.69) is 5.10 Å². The lowest BCUT2D eigenvalue weighted by Gasteiger charge is -2.17. The first-order chi connectivity index (χ1) is 10.6. The molecule has 2 aromatic heterocycles. The Hall–Kier alpha value is -2.08. The fourth-order valence-corrected chi connectivity index (χ4v) is 2.83. The lowest BCUT2D eigenvalue weighted by molar-refractivity contribution is 0.0783. The van der Waals surface area contributed by atoms with Crippen molar-refractivity contribution in [2.75, 3.05) is 20.3 Å². The van der Waals surface area contributed by atoms with E-state index in [1.165, 1.54) is 0 Å². The van der Waals surface area contributed by atoms with Gasteiger partial charge in [-0.15, -0.1) is 0 Å². The molecule has 1 aliphatic rings. The first kappa shape index (κ1) is 14.8. The van der Waals surface area contributed by atoms with Crippen molar-refractivity contribution in [3.8, 4) is 0 Å². The van der Waals surface area contributed by atoms with Crippen LogP contribution in [0.5, 0.6) is 0 Å². The molecule has 0 unspecified atom stereocenters. The molecule has 3 heterocycles. The number of rotatable bonds is 4. The summed E-state index contributed by atoms with van der Waals surface area (Å²) in [6.07, 6.45) is 4.37. The van der Waals surface area contributed by atoms with Gasteiger partial charge in [0, 0.05) is 44.9 Å². The predicted octanol–water partition coefficient (Wildman–Crippen LogP) is 2.10. The van der Waals surface area contributed by atoms with Crippen LogP contribution < -0.4 is 0 Å². The average molecular weight is 303 g/mol. The molecule has 6 heteroatoms. The van der Waals surface area contributed by atoms with Crippen LogP contribution in [-0.4, -0.2) is 40.8 Å². The largest absolute Gasteiger partial charge is 0.469 e. The second-order valence-corrected chi connectivity index (χ2v) is 5.83. The molecule has 0 aromatic carbocycles. The monoisotopic (exact) mass is 303 g/mol. The molecule has 0 saturated carbocycles. The fourth-order valence-electron chi connectivity index (χ4n) is 2.83. The summed E-state index contributed by atoms with van der Waals surface area (Å²) in [5.41, 5.74) is 2.54. The van der Waals surface area contributed by atoms with Gasteiger partial charge in [-0.25, -0.2) is 0 Å².